The van der Waals surface area contributed by atoms with E-state index in [1.165, 1.54) is 24.5 Å². The van der Waals surface area contributed by atoms with Crippen LogP contribution in [0, 0.1) is 0 Å². The van der Waals surface area contributed by atoms with Crippen molar-refractivity contribution < 1.29 is 28.8 Å². The Bertz CT molecular complexity index is 463. The molecule has 0 saturated heterocycles. The fourth-order valence-electron chi connectivity index (χ4n) is 1.35. The largest absolute Gasteiger partial charge is 0.478 e. The molecule has 7 heteroatoms. The van der Waals surface area contributed by atoms with Gasteiger partial charge in [-0.3, -0.25) is 4.79 Å². The van der Waals surface area contributed by atoms with Crippen LogP contribution in [0.2, 0.25) is 0 Å². The Hall–Kier alpha value is -2.41. The van der Waals surface area contributed by atoms with Gasteiger partial charge in [-0.2, -0.15) is 0 Å². The molecule has 88 valence electrons. The molecule has 0 saturated carbocycles. The first-order chi connectivity index (χ1) is 8.18. The lowest BCUT2D eigenvalue weighted by Gasteiger charge is -2.25. The van der Waals surface area contributed by atoms with Crippen LogP contribution in [-0.2, 0) is 28.8 Å². The van der Waals surface area contributed by atoms with Gasteiger partial charge in [-0.1, -0.05) is 6.08 Å². The molecule has 0 radical (unpaired) electrons. The van der Waals surface area contributed by atoms with Crippen LogP contribution in [0.25, 0.3) is 0 Å². The van der Waals surface area contributed by atoms with Gasteiger partial charge >= 0.3 is 11.9 Å². The van der Waals surface area contributed by atoms with E-state index in [1.807, 2.05) is 0 Å². The zero-order valence-corrected chi connectivity index (χ0v) is 8.41. The van der Waals surface area contributed by atoms with Crippen molar-refractivity contribution in [1.82, 2.24) is 5.64 Å². The lowest BCUT2D eigenvalue weighted by molar-refractivity contribution is -0.189. The Kier molecular flexibility index (Phi) is 2.75. The number of aldehydes is 1. The topological polar surface area (TPSA) is 90.9 Å². The first-order valence-electron chi connectivity index (χ1n) is 4.55. The van der Waals surface area contributed by atoms with E-state index in [2.05, 4.69) is 9.68 Å². The van der Waals surface area contributed by atoms with Gasteiger partial charge in [0, 0.05) is 11.7 Å². The van der Waals surface area contributed by atoms with E-state index in [1.54, 1.807) is 5.64 Å². The normalized spacial score (nSPS) is 27.4. The van der Waals surface area contributed by atoms with Crippen LogP contribution >= 0.6 is 0 Å². The van der Waals surface area contributed by atoms with E-state index in [0.717, 1.165) is 6.08 Å². The summed E-state index contributed by atoms with van der Waals surface area (Å²) in [5.74, 6) is -1.82. The second-order valence-electron chi connectivity index (χ2n) is 3.17. The van der Waals surface area contributed by atoms with Gasteiger partial charge in [-0.05, 0) is 12.2 Å². The van der Waals surface area contributed by atoms with Crippen molar-refractivity contribution in [2.75, 3.05) is 0 Å². The molecule has 0 fully saturated rings. The molecule has 17 heavy (non-hydrogen) atoms. The van der Waals surface area contributed by atoms with E-state index < -0.39 is 17.5 Å². The van der Waals surface area contributed by atoms with Crippen molar-refractivity contribution in [1.29, 1.82) is 0 Å². The number of nitrogens with one attached hydrogen (secondary N) is 1. The highest BCUT2D eigenvalue weighted by atomic mass is 16.9. The third kappa shape index (κ3) is 1.95. The molecule has 0 amide bonds. The summed E-state index contributed by atoms with van der Waals surface area (Å²) in [6, 6.07) is 0. The number of hydrogen-bond acceptors (Lipinski definition) is 7. The fourth-order valence-corrected chi connectivity index (χ4v) is 1.35. The molecule has 0 bridgehead atoms. The number of ether oxygens (including phenoxy) is 1. The smallest absolute Gasteiger partial charge is 0.361 e. The summed E-state index contributed by atoms with van der Waals surface area (Å²) < 4.78 is 5.09. The molecule has 1 N–H and O–H groups in total. The van der Waals surface area contributed by atoms with Gasteiger partial charge in [0.05, 0.1) is 6.26 Å². The second-order valence-corrected chi connectivity index (χ2v) is 3.17. The minimum absolute atomic E-state index is 0.275. The standard InChI is InChI=1S/C10H7NO6/c12-6-10(3-1-2-4-15-10)7-5-8(13)16-11-17-9(7)14/h1-6,11H. The highest BCUT2D eigenvalue weighted by Gasteiger charge is 2.41. The van der Waals surface area contributed by atoms with E-state index in [4.69, 9.17) is 4.74 Å². The van der Waals surface area contributed by atoms with E-state index in [9.17, 15) is 14.4 Å². The summed E-state index contributed by atoms with van der Waals surface area (Å²) in [4.78, 5) is 42.4. The Morgan fingerprint density at radius 3 is 2.71 bits per heavy atom. The predicted molar refractivity (Wildman–Crippen MR) is 51.6 cm³/mol. The molecule has 2 heterocycles. The molecule has 7 nitrogen and oxygen atoms in total. The summed E-state index contributed by atoms with van der Waals surface area (Å²) >= 11 is 0. The van der Waals surface area contributed by atoms with Crippen molar-refractivity contribution in [3.05, 3.63) is 36.1 Å². The maximum absolute atomic E-state index is 11.5. The Morgan fingerprint density at radius 1 is 1.24 bits per heavy atom. The Balaban J connectivity index is 2.44. The molecule has 0 aromatic heterocycles. The van der Waals surface area contributed by atoms with Gasteiger partial charge in [0.15, 0.2) is 6.29 Å². The van der Waals surface area contributed by atoms with E-state index in [0.29, 0.717) is 6.29 Å². The summed E-state index contributed by atoms with van der Waals surface area (Å²) in [5, 5.41) is 0. The maximum Gasteiger partial charge on any atom is 0.361 e. The summed E-state index contributed by atoms with van der Waals surface area (Å²) in [7, 11) is 0. The minimum atomic E-state index is -1.67. The van der Waals surface area contributed by atoms with Gasteiger partial charge in [0.2, 0.25) is 5.60 Å². The second kappa shape index (κ2) is 4.22. The summed E-state index contributed by atoms with van der Waals surface area (Å²) in [6.07, 6.45) is 6.81. The molecular weight excluding hydrogens is 230 g/mol. The van der Waals surface area contributed by atoms with Gasteiger partial charge in [-0.15, -0.1) is 0 Å². The minimum Gasteiger partial charge on any atom is -0.478 e. The number of allylic oxidation sites excluding steroid dienone is 2. The molecule has 2 aliphatic rings. The highest BCUT2D eigenvalue weighted by Crippen LogP contribution is 2.26. The summed E-state index contributed by atoms with van der Waals surface area (Å²) in [6.45, 7) is 0. The average molecular weight is 237 g/mol. The summed E-state index contributed by atoms with van der Waals surface area (Å²) in [5.41, 5.74) is -0.252. The van der Waals surface area contributed by atoms with Crippen LogP contribution in [0.4, 0.5) is 0 Å². The zero-order valence-electron chi connectivity index (χ0n) is 8.41. The van der Waals surface area contributed by atoms with Crippen molar-refractivity contribution in [2.45, 2.75) is 5.60 Å². The number of rotatable bonds is 2. The van der Waals surface area contributed by atoms with E-state index in [-0.39, 0.29) is 5.57 Å². The molecular formula is C10H7NO6. The molecule has 1 unspecified atom stereocenters. The van der Waals surface area contributed by atoms with Crippen LogP contribution < -0.4 is 5.64 Å². The highest BCUT2D eigenvalue weighted by molar-refractivity contribution is 6.03. The Labute approximate surface area is 95.2 Å². The third-order valence-corrected chi connectivity index (χ3v) is 2.15. The number of carbonyl (C=O) groups excluding carboxylic acids is 3. The van der Waals surface area contributed by atoms with E-state index >= 15 is 0 Å². The Morgan fingerprint density at radius 2 is 2.06 bits per heavy atom. The zero-order chi connectivity index (χ0) is 12.3. The predicted octanol–water partition coefficient (Wildman–Crippen LogP) is -0.530. The van der Waals surface area contributed by atoms with Crippen molar-refractivity contribution in [3.63, 3.8) is 0 Å². The van der Waals surface area contributed by atoms with Crippen molar-refractivity contribution in [3.8, 4) is 0 Å². The number of carbonyl (C=O) groups is 3. The van der Waals surface area contributed by atoms with Gasteiger partial charge < -0.3 is 14.4 Å². The molecule has 0 aliphatic carbocycles. The maximum atomic E-state index is 11.5. The van der Waals surface area contributed by atoms with Gasteiger partial charge in [0.1, 0.15) is 5.57 Å². The lowest BCUT2D eigenvalue weighted by Crippen LogP contribution is -2.38. The quantitative estimate of drug-likeness (QED) is 0.645. The van der Waals surface area contributed by atoms with Crippen LogP contribution in [0.15, 0.2) is 36.1 Å². The SMILES string of the molecule is O=CC1(C2=CC(=O)ONOC2=O)C=CC=CO1. The van der Waals surface area contributed by atoms with Crippen LogP contribution in [0.1, 0.15) is 0 Å². The molecule has 0 spiro atoms. The third-order valence-electron chi connectivity index (χ3n) is 2.15. The first kappa shape index (κ1) is 11.1. The van der Waals surface area contributed by atoms with Gasteiger partial charge in [0.25, 0.3) is 0 Å². The van der Waals surface area contributed by atoms with Gasteiger partial charge in [-0.25, -0.2) is 9.59 Å². The molecule has 1 atom stereocenters. The molecule has 2 rings (SSSR count). The van der Waals surface area contributed by atoms with Crippen molar-refractivity contribution in [2.24, 2.45) is 0 Å². The van der Waals surface area contributed by atoms with Crippen LogP contribution in [0.5, 0.6) is 0 Å². The fraction of sp³-hybridized carbons (Fsp3) is 0.100. The lowest BCUT2D eigenvalue weighted by atomic mass is 9.93. The molecule has 0 aromatic rings. The van der Waals surface area contributed by atoms with Crippen LogP contribution in [0.3, 0.4) is 0 Å². The molecule has 0 aromatic carbocycles. The monoisotopic (exact) mass is 237 g/mol. The number of hydrogen-bond donors (Lipinski definition) is 1. The van der Waals surface area contributed by atoms with Crippen molar-refractivity contribution >= 4 is 18.2 Å². The molecule has 2 aliphatic heterocycles. The van der Waals surface area contributed by atoms with Crippen LogP contribution in [-0.4, -0.2) is 23.8 Å². The first-order valence-corrected chi connectivity index (χ1v) is 4.55. The average Bonchev–Trinajstić information content (AvgIpc) is 2.52.